The standard InChI is InChI=1S/C9H16OS/c1-8(2-4-10)6-9-3-5-11-7-9/h9-10H,1-7H2. The van der Waals surface area contributed by atoms with Gasteiger partial charge in [-0.3, -0.25) is 0 Å². The van der Waals surface area contributed by atoms with E-state index in [1.165, 1.54) is 23.5 Å². The summed E-state index contributed by atoms with van der Waals surface area (Å²) < 4.78 is 0. The minimum absolute atomic E-state index is 0.263. The molecular weight excluding hydrogens is 156 g/mol. The lowest BCUT2D eigenvalue weighted by molar-refractivity contribution is 0.296. The van der Waals surface area contributed by atoms with Crippen molar-refractivity contribution in [2.24, 2.45) is 5.92 Å². The van der Waals surface area contributed by atoms with Crippen molar-refractivity contribution >= 4 is 11.8 Å². The summed E-state index contributed by atoms with van der Waals surface area (Å²) in [6.07, 6.45) is 3.27. The number of aliphatic hydroxyl groups excluding tert-OH is 1. The quantitative estimate of drug-likeness (QED) is 0.655. The molecule has 0 aliphatic carbocycles. The number of hydrogen-bond acceptors (Lipinski definition) is 2. The highest BCUT2D eigenvalue weighted by Gasteiger charge is 2.15. The van der Waals surface area contributed by atoms with E-state index in [4.69, 9.17) is 5.11 Å². The molecule has 0 spiro atoms. The Morgan fingerprint density at radius 1 is 1.64 bits per heavy atom. The summed E-state index contributed by atoms with van der Waals surface area (Å²) in [5.41, 5.74) is 1.22. The maximum Gasteiger partial charge on any atom is 0.0468 e. The molecule has 1 heterocycles. The maximum atomic E-state index is 8.64. The molecule has 1 N–H and O–H groups in total. The molecule has 1 rings (SSSR count). The van der Waals surface area contributed by atoms with Crippen LogP contribution < -0.4 is 0 Å². The summed E-state index contributed by atoms with van der Waals surface area (Å²) in [6.45, 7) is 4.20. The zero-order valence-corrected chi connectivity index (χ0v) is 7.70. The predicted molar refractivity (Wildman–Crippen MR) is 50.9 cm³/mol. The highest BCUT2D eigenvalue weighted by molar-refractivity contribution is 7.99. The molecule has 0 radical (unpaired) electrons. The van der Waals surface area contributed by atoms with Gasteiger partial charge in [-0.15, -0.1) is 0 Å². The molecule has 0 aromatic rings. The van der Waals surface area contributed by atoms with Crippen LogP contribution in [0.15, 0.2) is 12.2 Å². The third-order valence-corrected chi connectivity index (χ3v) is 3.30. The van der Waals surface area contributed by atoms with Crippen LogP contribution in [0.25, 0.3) is 0 Å². The van der Waals surface area contributed by atoms with E-state index in [1.807, 2.05) is 11.8 Å². The van der Waals surface area contributed by atoms with Gasteiger partial charge in [-0.25, -0.2) is 0 Å². The lowest BCUT2D eigenvalue weighted by atomic mass is 9.98. The second kappa shape index (κ2) is 4.83. The van der Waals surface area contributed by atoms with E-state index in [1.54, 1.807) is 0 Å². The van der Waals surface area contributed by atoms with Crippen molar-refractivity contribution < 1.29 is 5.11 Å². The average molecular weight is 172 g/mol. The molecule has 1 fully saturated rings. The van der Waals surface area contributed by atoms with Crippen molar-refractivity contribution in [1.29, 1.82) is 0 Å². The molecule has 1 unspecified atom stereocenters. The van der Waals surface area contributed by atoms with E-state index in [9.17, 15) is 0 Å². The molecule has 64 valence electrons. The van der Waals surface area contributed by atoms with Crippen molar-refractivity contribution in [3.63, 3.8) is 0 Å². The lowest BCUT2D eigenvalue weighted by Crippen LogP contribution is -2.00. The Morgan fingerprint density at radius 2 is 2.45 bits per heavy atom. The van der Waals surface area contributed by atoms with Crippen LogP contribution in [0.4, 0.5) is 0 Å². The minimum Gasteiger partial charge on any atom is -0.396 e. The van der Waals surface area contributed by atoms with Gasteiger partial charge >= 0.3 is 0 Å². The van der Waals surface area contributed by atoms with E-state index in [0.717, 1.165) is 18.8 Å². The molecule has 0 bridgehead atoms. The summed E-state index contributed by atoms with van der Waals surface area (Å²) in [5.74, 6) is 3.46. The molecule has 1 saturated heterocycles. The van der Waals surface area contributed by atoms with Gasteiger partial charge in [0, 0.05) is 6.61 Å². The summed E-state index contributed by atoms with van der Waals surface area (Å²) in [5, 5.41) is 8.64. The minimum atomic E-state index is 0.263. The third kappa shape index (κ3) is 3.30. The van der Waals surface area contributed by atoms with Crippen LogP contribution in [0.5, 0.6) is 0 Å². The van der Waals surface area contributed by atoms with Crippen molar-refractivity contribution in [2.45, 2.75) is 19.3 Å². The molecule has 1 aliphatic heterocycles. The first-order chi connectivity index (χ1) is 5.33. The monoisotopic (exact) mass is 172 g/mol. The summed E-state index contributed by atoms with van der Waals surface area (Å²) in [6, 6.07) is 0. The van der Waals surface area contributed by atoms with Gasteiger partial charge < -0.3 is 5.11 Å². The van der Waals surface area contributed by atoms with E-state index < -0.39 is 0 Å². The Bertz CT molecular complexity index is 128. The number of thioether (sulfide) groups is 1. The SMILES string of the molecule is C=C(CCO)CC1CCSC1. The van der Waals surface area contributed by atoms with Crippen LogP contribution in [0.3, 0.4) is 0 Å². The van der Waals surface area contributed by atoms with Gasteiger partial charge in [0.05, 0.1) is 0 Å². The Hall–Kier alpha value is 0.0500. The molecule has 1 atom stereocenters. The van der Waals surface area contributed by atoms with Crippen LogP contribution in [0, 0.1) is 5.92 Å². The van der Waals surface area contributed by atoms with Crippen molar-refractivity contribution in [3.8, 4) is 0 Å². The van der Waals surface area contributed by atoms with Gasteiger partial charge in [-0.2, -0.15) is 11.8 Å². The third-order valence-electron chi connectivity index (χ3n) is 2.07. The Labute approximate surface area is 72.9 Å². The summed E-state index contributed by atoms with van der Waals surface area (Å²) >= 11 is 2.04. The topological polar surface area (TPSA) is 20.2 Å². The fourth-order valence-electron chi connectivity index (χ4n) is 1.41. The van der Waals surface area contributed by atoms with E-state index in [0.29, 0.717) is 0 Å². The van der Waals surface area contributed by atoms with Crippen LogP contribution in [0.2, 0.25) is 0 Å². The molecule has 0 saturated carbocycles. The van der Waals surface area contributed by atoms with Crippen molar-refractivity contribution in [2.75, 3.05) is 18.1 Å². The molecule has 1 aliphatic rings. The molecular formula is C9H16OS. The van der Waals surface area contributed by atoms with Gasteiger partial charge in [-0.05, 0) is 36.7 Å². The molecule has 2 heteroatoms. The highest BCUT2D eigenvalue weighted by Crippen LogP contribution is 2.28. The molecule has 0 aromatic heterocycles. The van der Waals surface area contributed by atoms with Crippen molar-refractivity contribution in [3.05, 3.63) is 12.2 Å². The normalized spacial score (nSPS) is 23.9. The van der Waals surface area contributed by atoms with Crippen LogP contribution in [-0.4, -0.2) is 23.2 Å². The first-order valence-electron chi connectivity index (χ1n) is 4.18. The number of hydrogen-bond donors (Lipinski definition) is 1. The smallest absolute Gasteiger partial charge is 0.0468 e. The first kappa shape index (κ1) is 9.14. The maximum absolute atomic E-state index is 8.64. The summed E-state index contributed by atoms with van der Waals surface area (Å²) in [4.78, 5) is 0. The Morgan fingerprint density at radius 3 is 3.00 bits per heavy atom. The zero-order chi connectivity index (χ0) is 8.10. The van der Waals surface area contributed by atoms with Gasteiger partial charge in [0.15, 0.2) is 0 Å². The average Bonchev–Trinajstić information content (AvgIpc) is 2.40. The van der Waals surface area contributed by atoms with Gasteiger partial charge in [0.1, 0.15) is 0 Å². The highest BCUT2D eigenvalue weighted by atomic mass is 32.2. The Kier molecular flexibility index (Phi) is 4.02. The second-order valence-electron chi connectivity index (χ2n) is 3.16. The fourth-order valence-corrected chi connectivity index (χ4v) is 2.70. The largest absolute Gasteiger partial charge is 0.396 e. The number of aliphatic hydroxyl groups is 1. The van der Waals surface area contributed by atoms with E-state index in [2.05, 4.69) is 6.58 Å². The Balaban J connectivity index is 2.13. The molecule has 11 heavy (non-hydrogen) atoms. The second-order valence-corrected chi connectivity index (χ2v) is 4.31. The van der Waals surface area contributed by atoms with Crippen LogP contribution in [0.1, 0.15) is 19.3 Å². The van der Waals surface area contributed by atoms with Crippen LogP contribution in [-0.2, 0) is 0 Å². The lowest BCUT2D eigenvalue weighted by Gasteiger charge is -2.08. The van der Waals surface area contributed by atoms with Gasteiger partial charge in [0.25, 0.3) is 0 Å². The predicted octanol–water partition coefficient (Wildman–Crippen LogP) is 2.07. The molecule has 0 amide bonds. The zero-order valence-electron chi connectivity index (χ0n) is 6.88. The van der Waals surface area contributed by atoms with Gasteiger partial charge in [0.2, 0.25) is 0 Å². The van der Waals surface area contributed by atoms with Crippen molar-refractivity contribution in [1.82, 2.24) is 0 Å². The fraction of sp³-hybridized carbons (Fsp3) is 0.778. The molecule has 1 nitrogen and oxygen atoms in total. The van der Waals surface area contributed by atoms with Gasteiger partial charge in [-0.1, -0.05) is 12.2 Å². The van der Waals surface area contributed by atoms with Crippen LogP contribution >= 0.6 is 11.8 Å². The number of rotatable bonds is 4. The van der Waals surface area contributed by atoms with E-state index in [-0.39, 0.29) is 6.61 Å². The first-order valence-corrected chi connectivity index (χ1v) is 5.33. The molecule has 0 aromatic carbocycles. The van der Waals surface area contributed by atoms with E-state index >= 15 is 0 Å². The summed E-state index contributed by atoms with van der Waals surface area (Å²) in [7, 11) is 0.